The third-order valence-electron chi connectivity index (χ3n) is 4.61. The molecule has 0 radical (unpaired) electrons. The number of pyridine rings is 1. The Kier molecular flexibility index (Phi) is 6.97. The Morgan fingerprint density at radius 3 is 2.49 bits per heavy atom. The molecule has 2 aromatic heterocycles. The molecule has 0 fully saturated rings. The smallest absolute Gasteiger partial charge is 0.286 e. The number of rotatable bonds is 6. The van der Waals surface area contributed by atoms with Crippen LogP contribution in [0.1, 0.15) is 17.4 Å². The van der Waals surface area contributed by atoms with E-state index in [0.29, 0.717) is 5.69 Å². The van der Waals surface area contributed by atoms with Crippen molar-refractivity contribution >= 4 is 39.2 Å². The molecule has 9 nitrogen and oxygen atoms in total. The van der Waals surface area contributed by atoms with Gasteiger partial charge in [0.1, 0.15) is 11.6 Å². The van der Waals surface area contributed by atoms with Gasteiger partial charge in [0, 0.05) is 53.5 Å². The largest absolute Gasteiger partial charge is 0.454 e. The number of nitrogens with zero attached hydrogens (tertiary/aromatic N) is 3. The number of carbonyl (C=O) groups is 2. The number of amides is 2. The summed E-state index contributed by atoms with van der Waals surface area (Å²) in [5, 5.41) is 4.98. The molecule has 11 heteroatoms. The molecule has 4 aromatic rings. The number of carbonyl (C=O) groups excluding carboxylic acids is 2. The fraction of sp³-hybridized carbons (Fsp3) is 0.0417. The predicted molar refractivity (Wildman–Crippen MR) is 131 cm³/mol. The summed E-state index contributed by atoms with van der Waals surface area (Å²) in [7, 11) is 0. The summed E-state index contributed by atoms with van der Waals surface area (Å²) in [6.07, 6.45) is 4.19. The maximum absolute atomic E-state index is 14.6. The van der Waals surface area contributed by atoms with Gasteiger partial charge in [-0.15, -0.1) is 0 Å². The summed E-state index contributed by atoms with van der Waals surface area (Å²) in [4.78, 5) is 44.5. The first-order valence-corrected chi connectivity index (χ1v) is 11.0. The fourth-order valence-corrected chi connectivity index (χ4v) is 3.34. The van der Waals surface area contributed by atoms with Gasteiger partial charge in [0.25, 0.3) is 11.5 Å². The van der Waals surface area contributed by atoms with Crippen LogP contribution < -0.4 is 20.9 Å². The second-order valence-corrected chi connectivity index (χ2v) is 8.10. The van der Waals surface area contributed by atoms with Crippen molar-refractivity contribution in [2.24, 2.45) is 0 Å². The number of aromatic nitrogens is 3. The number of benzene rings is 2. The van der Waals surface area contributed by atoms with Crippen LogP contribution >= 0.6 is 15.9 Å². The molecule has 2 N–H and O–H groups in total. The molecule has 2 aromatic carbocycles. The van der Waals surface area contributed by atoms with Crippen LogP contribution in [0.25, 0.3) is 5.69 Å². The van der Waals surface area contributed by atoms with Gasteiger partial charge in [-0.05, 0) is 42.5 Å². The topological polar surface area (TPSA) is 115 Å². The summed E-state index contributed by atoms with van der Waals surface area (Å²) >= 11 is 3.33. The maximum atomic E-state index is 14.6. The average molecular weight is 538 g/mol. The number of halogens is 2. The molecule has 2 heterocycles. The molecule has 2 amide bonds. The van der Waals surface area contributed by atoms with Gasteiger partial charge in [-0.2, -0.15) is 0 Å². The molecule has 0 aliphatic carbocycles. The molecule has 0 spiro atoms. The summed E-state index contributed by atoms with van der Waals surface area (Å²) < 4.78 is 22.3. The van der Waals surface area contributed by atoms with Crippen LogP contribution in [0.15, 0.2) is 82.5 Å². The fourth-order valence-electron chi connectivity index (χ4n) is 3.07. The van der Waals surface area contributed by atoms with Crippen LogP contribution in [0.5, 0.6) is 11.5 Å². The van der Waals surface area contributed by atoms with E-state index in [0.717, 1.165) is 10.5 Å². The van der Waals surface area contributed by atoms with Gasteiger partial charge >= 0.3 is 0 Å². The molecule has 0 unspecified atom stereocenters. The van der Waals surface area contributed by atoms with Crippen molar-refractivity contribution in [3.8, 4) is 17.2 Å². The molecule has 35 heavy (non-hydrogen) atoms. The molecule has 176 valence electrons. The van der Waals surface area contributed by atoms with E-state index >= 15 is 0 Å². The minimum Gasteiger partial charge on any atom is -0.454 e. The van der Waals surface area contributed by atoms with Crippen molar-refractivity contribution in [2.75, 3.05) is 10.6 Å². The minimum absolute atomic E-state index is 0.105. The highest BCUT2D eigenvalue weighted by Crippen LogP contribution is 2.27. The van der Waals surface area contributed by atoms with Gasteiger partial charge in [-0.3, -0.25) is 19.0 Å². The zero-order chi connectivity index (χ0) is 24.9. The Hall–Kier alpha value is -4.38. The first-order chi connectivity index (χ1) is 16.8. The molecule has 0 saturated heterocycles. The first kappa shape index (κ1) is 23.8. The van der Waals surface area contributed by atoms with E-state index in [1.165, 1.54) is 54.3 Å². The highest BCUT2D eigenvalue weighted by Gasteiger charge is 2.16. The predicted octanol–water partition coefficient (Wildman–Crippen LogP) is 4.53. The Morgan fingerprint density at radius 1 is 1.00 bits per heavy atom. The van der Waals surface area contributed by atoms with Crippen molar-refractivity contribution in [3.05, 3.63) is 99.5 Å². The van der Waals surface area contributed by atoms with Gasteiger partial charge in [-0.25, -0.2) is 14.4 Å². The van der Waals surface area contributed by atoms with Crippen molar-refractivity contribution < 1.29 is 18.7 Å². The van der Waals surface area contributed by atoms with E-state index in [1.54, 1.807) is 24.3 Å². The highest BCUT2D eigenvalue weighted by molar-refractivity contribution is 9.10. The molecular weight excluding hydrogens is 521 g/mol. The highest BCUT2D eigenvalue weighted by atomic mass is 79.9. The number of anilines is 2. The number of hydrogen-bond donors (Lipinski definition) is 2. The second-order valence-electron chi connectivity index (χ2n) is 7.19. The van der Waals surface area contributed by atoms with Crippen molar-refractivity contribution in [3.63, 3.8) is 0 Å². The van der Waals surface area contributed by atoms with Gasteiger partial charge in [0.05, 0.1) is 0 Å². The van der Waals surface area contributed by atoms with Crippen molar-refractivity contribution in [1.82, 2.24) is 14.5 Å². The Balaban J connectivity index is 1.51. The Labute approximate surface area is 206 Å². The quantitative estimate of drug-likeness (QED) is 0.373. The van der Waals surface area contributed by atoms with Crippen LogP contribution in [-0.2, 0) is 4.79 Å². The normalized spacial score (nSPS) is 10.5. The van der Waals surface area contributed by atoms with Crippen LogP contribution in [-0.4, -0.2) is 26.3 Å². The summed E-state index contributed by atoms with van der Waals surface area (Å²) in [6.45, 7) is 1.34. The molecule has 4 rings (SSSR count). The van der Waals surface area contributed by atoms with Crippen molar-refractivity contribution in [2.45, 2.75) is 6.92 Å². The van der Waals surface area contributed by atoms with E-state index < -0.39 is 17.3 Å². The SMILES string of the molecule is CC(=O)Nc1cc(Oc2ccc(NC(=O)c3nccn(-c4ccc(Br)cc4)c3=O)cc2F)ccn1. The number of hydrogen-bond acceptors (Lipinski definition) is 6. The van der Waals surface area contributed by atoms with E-state index in [4.69, 9.17) is 4.74 Å². The second kappa shape index (κ2) is 10.3. The Morgan fingerprint density at radius 2 is 1.77 bits per heavy atom. The summed E-state index contributed by atoms with van der Waals surface area (Å²) in [6, 6.07) is 13.7. The van der Waals surface area contributed by atoms with E-state index in [9.17, 15) is 18.8 Å². The molecule has 0 aliphatic heterocycles. The molecule has 0 bridgehead atoms. The average Bonchev–Trinajstić information content (AvgIpc) is 2.81. The Bertz CT molecular complexity index is 1470. The number of nitrogens with one attached hydrogen (secondary N) is 2. The van der Waals surface area contributed by atoms with E-state index in [1.807, 2.05) is 0 Å². The molecule has 0 saturated carbocycles. The number of ether oxygens (including phenoxy) is 1. The molecular formula is C24H17BrFN5O4. The van der Waals surface area contributed by atoms with Crippen LogP contribution in [0.3, 0.4) is 0 Å². The van der Waals surface area contributed by atoms with E-state index in [2.05, 4.69) is 36.5 Å². The van der Waals surface area contributed by atoms with Gasteiger partial charge in [0.15, 0.2) is 17.3 Å². The monoisotopic (exact) mass is 537 g/mol. The lowest BCUT2D eigenvalue weighted by atomic mass is 10.2. The lowest BCUT2D eigenvalue weighted by molar-refractivity contribution is -0.114. The van der Waals surface area contributed by atoms with Crippen LogP contribution in [0, 0.1) is 5.82 Å². The molecule has 0 aliphatic rings. The maximum Gasteiger partial charge on any atom is 0.286 e. The van der Waals surface area contributed by atoms with Crippen molar-refractivity contribution in [1.29, 1.82) is 0 Å². The van der Waals surface area contributed by atoms with Crippen LogP contribution in [0.4, 0.5) is 15.9 Å². The zero-order valence-electron chi connectivity index (χ0n) is 18.2. The zero-order valence-corrected chi connectivity index (χ0v) is 19.7. The first-order valence-electron chi connectivity index (χ1n) is 10.2. The third kappa shape index (κ3) is 5.76. The third-order valence-corrected chi connectivity index (χ3v) is 5.14. The van der Waals surface area contributed by atoms with Gasteiger partial charge in [-0.1, -0.05) is 15.9 Å². The van der Waals surface area contributed by atoms with Crippen LogP contribution in [0.2, 0.25) is 0 Å². The summed E-state index contributed by atoms with van der Waals surface area (Å²) in [5.74, 6) is -1.46. The van der Waals surface area contributed by atoms with E-state index in [-0.39, 0.29) is 34.6 Å². The molecule has 0 atom stereocenters. The van der Waals surface area contributed by atoms with Gasteiger partial charge < -0.3 is 15.4 Å². The van der Waals surface area contributed by atoms with Gasteiger partial charge in [0.2, 0.25) is 5.91 Å². The minimum atomic E-state index is -0.788. The summed E-state index contributed by atoms with van der Waals surface area (Å²) in [5.41, 5.74) is -0.312. The lowest BCUT2D eigenvalue weighted by Gasteiger charge is -2.11. The lowest BCUT2D eigenvalue weighted by Crippen LogP contribution is -2.29. The standard InChI is InChI=1S/C24H17BrFN5O4/c1-14(32)29-21-13-18(8-9-27-21)35-20-7-4-16(12-19(20)26)30-23(33)22-24(34)31(11-10-28-22)17-5-2-15(25)3-6-17/h2-13H,1H3,(H,30,33)(H,27,29,32).